The number of carbonyl (C=O) groups excluding carboxylic acids is 1. The van der Waals surface area contributed by atoms with Crippen LogP contribution in [0.4, 0.5) is 5.82 Å². The van der Waals surface area contributed by atoms with Crippen molar-refractivity contribution in [2.24, 2.45) is 0 Å². The molecule has 3 aromatic rings. The van der Waals surface area contributed by atoms with E-state index in [0.717, 1.165) is 35.9 Å². The molecule has 1 amide bonds. The summed E-state index contributed by atoms with van der Waals surface area (Å²) in [7, 11) is 3.43. The number of pyridine rings is 1. The van der Waals surface area contributed by atoms with Gasteiger partial charge < -0.3 is 19.7 Å². The van der Waals surface area contributed by atoms with E-state index in [9.17, 15) is 4.79 Å². The van der Waals surface area contributed by atoms with E-state index in [1.807, 2.05) is 43.1 Å². The highest BCUT2D eigenvalue weighted by molar-refractivity contribution is 5.95. The first-order chi connectivity index (χ1) is 16.4. The molecule has 1 N–H and O–H groups in total. The van der Waals surface area contributed by atoms with Gasteiger partial charge in [-0.1, -0.05) is 13.0 Å². The van der Waals surface area contributed by atoms with E-state index < -0.39 is 0 Å². The minimum Gasteiger partial charge on any atom is -0.493 e. The zero-order valence-electron chi connectivity index (χ0n) is 20.2. The third-order valence-electron chi connectivity index (χ3n) is 6.15. The van der Waals surface area contributed by atoms with E-state index in [4.69, 9.17) is 19.4 Å². The molecule has 0 unspecified atom stereocenters. The van der Waals surface area contributed by atoms with E-state index in [1.54, 1.807) is 31.5 Å². The standard InChI is InChI=1S/C26H31N5O3/c1-18-14-23(27-3)30-25(29-18)26(2)11-7-13-31(17-26)24(32)19-9-10-21(33-4)22(15-19)34-16-20-8-5-6-12-28-20/h5-6,8-10,12,14-15H,7,11,13,16-17H2,1-4H3,(H,27,29,30)/t26-/m1/s1. The summed E-state index contributed by atoms with van der Waals surface area (Å²) in [6.07, 6.45) is 3.53. The minimum atomic E-state index is -0.323. The number of aryl methyl sites for hydroxylation is 1. The summed E-state index contributed by atoms with van der Waals surface area (Å²) in [6, 6.07) is 12.9. The monoisotopic (exact) mass is 461 g/mol. The lowest BCUT2D eigenvalue weighted by Gasteiger charge is -2.39. The molecular formula is C26H31N5O3. The third kappa shape index (κ3) is 5.11. The SMILES string of the molecule is CNc1cc(C)nc([C@]2(C)CCCN(C(=O)c3ccc(OC)c(OCc4ccccn4)c3)C2)n1. The van der Waals surface area contributed by atoms with Gasteiger partial charge in [0, 0.05) is 49.1 Å². The molecule has 2 aromatic heterocycles. The van der Waals surface area contributed by atoms with E-state index in [1.165, 1.54) is 0 Å². The van der Waals surface area contributed by atoms with Crippen LogP contribution in [-0.2, 0) is 12.0 Å². The highest BCUT2D eigenvalue weighted by atomic mass is 16.5. The largest absolute Gasteiger partial charge is 0.493 e. The molecule has 178 valence electrons. The maximum atomic E-state index is 13.5. The van der Waals surface area contributed by atoms with Crippen LogP contribution in [0.1, 0.15) is 47.3 Å². The predicted octanol–water partition coefficient (Wildman–Crippen LogP) is 4.00. The van der Waals surface area contributed by atoms with Crippen LogP contribution in [0.3, 0.4) is 0 Å². The van der Waals surface area contributed by atoms with E-state index in [-0.39, 0.29) is 17.9 Å². The fourth-order valence-corrected chi connectivity index (χ4v) is 4.30. The quantitative estimate of drug-likeness (QED) is 0.569. The normalized spacial score (nSPS) is 17.8. The van der Waals surface area contributed by atoms with Crippen LogP contribution in [0, 0.1) is 6.92 Å². The molecule has 1 aliphatic rings. The summed E-state index contributed by atoms with van der Waals surface area (Å²) in [5.74, 6) is 2.60. The molecule has 34 heavy (non-hydrogen) atoms. The van der Waals surface area contributed by atoms with Gasteiger partial charge in [0.25, 0.3) is 5.91 Å². The van der Waals surface area contributed by atoms with Gasteiger partial charge in [-0.25, -0.2) is 9.97 Å². The average molecular weight is 462 g/mol. The van der Waals surface area contributed by atoms with Crippen molar-refractivity contribution < 1.29 is 14.3 Å². The maximum absolute atomic E-state index is 13.5. The number of methoxy groups -OCH3 is 1. The second kappa shape index (κ2) is 10.1. The number of hydrogen-bond acceptors (Lipinski definition) is 7. The van der Waals surface area contributed by atoms with Gasteiger partial charge >= 0.3 is 0 Å². The Balaban J connectivity index is 1.54. The number of anilines is 1. The van der Waals surface area contributed by atoms with Gasteiger partial charge in [-0.15, -0.1) is 0 Å². The van der Waals surface area contributed by atoms with Crippen molar-refractivity contribution in [3.8, 4) is 11.5 Å². The van der Waals surface area contributed by atoms with Gasteiger partial charge in [0.2, 0.25) is 0 Å². The molecule has 3 heterocycles. The van der Waals surface area contributed by atoms with Crippen LogP contribution in [0.15, 0.2) is 48.7 Å². The number of likely N-dealkylation sites (tertiary alicyclic amines) is 1. The molecule has 0 radical (unpaired) electrons. The number of hydrogen-bond donors (Lipinski definition) is 1. The molecule has 1 fully saturated rings. The lowest BCUT2D eigenvalue weighted by Crippen LogP contribution is -2.48. The Morgan fingerprint density at radius 2 is 2.03 bits per heavy atom. The first-order valence-corrected chi connectivity index (χ1v) is 11.5. The Bertz CT molecular complexity index is 1150. The summed E-state index contributed by atoms with van der Waals surface area (Å²) in [6.45, 7) is 5.63. The van der Waals surface area contributed by atoms with Crippen LogP contribution in [0.5, 0.6) is 11.5 Å². The smallest absolute Gasteiger partial charge is 0.254 e. The van der Waals surface area contributed by atoms with Crippen molar-refractivity contribution in [3.63, 3.8) is 0 Å². The van der Waals surface area contributed by atoms with Crippen LogP contribution >= 0.6 is 0 Å². The van der Waals surface area contributed by atoms with Gasteiger partial charge in [-0.2, -0.15) is 0 Å². The van der Waals surface area contributed by atoms with Crippen LogP contribution in [-0.4, -0.2) is 53.0 Å². The number of ether oxygens (including phenoxy) is 2. The van der Waals surface area contributed by atoms with E-state index in [2.05, 4.69) is 17.2 Å². The number of carbonyl (C=O) groups is 1. The lowest BCUT2D eigenvalue weighted by molar-refractivity contribution is 0.0643. The van der Waals surface area contributed by atoms with E-state index in [0.29, 0.717) is 30.2 Å². The van der Waals surface area contributed by atoms with Gasteiger partial charge in [-0.3, -0.25) is 9.78 Å². The van der Waals surface area contributed by atoms with Gasteiger partial charge in [-0.05, 0) is 50.1 Å². The average Bonchev–Trinajstić information content (AvgIpc) is 2.87. The molecule has 1 aromatic carbocycles. The first kappa shape index (κ1) is 23.5. The zero-order valence-corrected chi connectivity index (χ0v) is 20.2. The molecule has 0 saturated carbocycles. The van der Waals surface area contributed by atoms with Crippen molar-refractivity contribution in [2.75, 3.05) is 32.6 Å². The van der Waals surface area contributed by atoms with Crippen LogP contribution < -0.4 is 14.8 Å². The van der Waals surface area contributed by atoms with Crippen molar-refractivity contribution in [1.29, 1.82) is 0 Å². The summed E-state index contributed by atoms with van der Waals surface area (Å²) < 4.78 is 11.4. The number of nitrogens with zero attached hydrogens (tertiary/aromatic N) is 4. The van der Waals surface area contributed by atoms with E-state index >= 15 is 0 Å². The van der Waals surface area contributed by atoms with Crippen LogP contribution in [0.25, 0.3) is 0 Å². The van der Waals surface area contributed by atoms with Gasteiger partial charge in [0.1, 0.15) is 18.2 Å². The lowest BCUT2D eigenvalue weighted by atomic mass is 9.80. The highest BCUT2D eigenvalue weighted by Gasteiger charge is 2.37. The minimum absolute atomic E-state index is 0.0437. The number of piperidine rings is 1. The highest BCUT2D eigenvalue weighted by Crippen LogP contribution is 2.34. The molecule has 8 nitrogen and oxygen atoms in total. The van der Waals surface area contributed by atoms with Crippen molar-refractivity contribution >= 4 is 11.7 Å². The molecule has 1 saturated heterocycles. The predicted molar refractivity (Wildman–Crippen MR) is 130 cm³/mol. The van der Waals surface area contributed by atoms with Gasteiger partial charge in [0.05, 0.1) is 12.8 Å². The van der Waals surface area contributed by atoms with Gasteiger partial charge in [0.15, 0.2) is 11.5 Å². The third-order valence-corrected chi connectivity index (χ3v) is 6.15. The summed E-state index contributed by atoms with van der Waals surface area (Å²) in [5, 5.41) is 3.10. The number of aromatic nitrogens is 3. The molecule has 0 spiro atoms. The Kier molecular flexibility index (Phi) is 6.95. The molecule has 0 aliphatic carbocycles. The number of nitrogens with one attached hydrogen (secondary N) is 1. The Hall–Kier alpha value is -3.68. The second-order valence-corrected chi connectivity index (χ2v) is 8.83. The second-order valence-electron chi connectivity index (χ2n) is 8.83. The van der Waals surface area contributed by atoms with Crippen molar-refractivity contribution in [2.45, 2.75) is 38.7 Å². The topological polar surface area (TPSA) is 89.5 Å². The maximum Gasteiger partial charge on any atom is 0.254 e. The van der Waals surface area contributed by atoms with Crippen molar-refractivity contribution in [1.82, 2.24) is 19.9 Å². The molecule has 0 bridgehead atoms. The molecule has 1 aliphatic heterocycles. The molecular weight excluding hydrogens is 430 g/mol. The Morgan fingerprint density at radius 3 is 2.76 bits per heavy atom. The van der Waals surface area contributed by atoms with Crippen LogP contribution in [0.2, 0.25) is 0 Å². The number of amides is 1. The zero-order chi connectivity index (χ0) is 24.1. The van der Waals surface area contributed by atoms with Crippen molar-refractivity contribution in [3.05, 3.63) is 71.4 Å². The summed E-state index contributed by atoms with van der Waals surface area (Å²) >= 11 is 0. The first-order valence-electron chi connectivity index (χ1n) is 11.5. The Labute approximate surface area is 200 Å². The number of rotatable bonds is 7. The molecule has 1 atom stereocenters. The summed E-state index contributed by atoms with van der Waals surface area (Å²) in [5.41, 5.74) is 1.94. The molecule has 4 rings (SSSR count). The Morgan fingerprint density at radius 1 is 1.18 bits per heavy atom. The molecule has 8 heteroatoms. The number of benzene rings is 1. The fourth-order valence-electron chi connectivity index (χ4n) is 4.30. The summed E-state index contributed by atoms with van der Waals surface area (Å²) in [4.78, 5) is 29.1. The fraction of sp³-hybridized carbons (Fsp3) is 0.385.